The van der Waals surface area contributed by atoms with Crippen LogP contribution in [0, 0.1) is 5.92 Å². The van der Waals surface area contributed by atoms with E-state index < -0.39 is 0 Å². The van der Waals surface area contributed by atoms with Gasteiger partial charge in [-0.1, -0.05) is 40.0 Å². The van der Waals surface area contributed by atoms with E-state index in [2.05, 4.69) is 20.8 Å². The Labute approximate surface area is 92.5 Å². The van der Waals surface area contributed by atoms with Crippen molar-refractivity contribution in [1.29, 1.82) is 0 Å². The fraction of sp³-hybridized carbons (Fsp3) is 1.00. The van der Waals surface area contributed by atoms with E-state index in [1.807, 2.05) is 0 Å². The minimum absolute atomic E-state index is 0. The summed E-state index contributed by atoms with van der Waals surface area (Å²) in [5, 5.41) is 0. The Bertz CT molecular complexity index is 84.2. The second-order valence-corrected chi connectivity index (χ2v) is 5.49. The third-order valence-corrected chi connectivity index (χ3v) is 3.45. The highest BCUT2D eigenvalue weighted by atomic mass is 35.5. The number of rotatable bonds is 8. The molecule has 0 saturated heterocycles. The van der Waals surface area contributed by atoms with Crippen LogP contribution in [0.1, 0.15) is 52.9 Å². The fourth-order valence-electron chi connectivity index (χ4n) is 1.19. The lowest BCUT2D eigenvalue weighted by molar-refractivity contribution is 0.630. The second kappa shape index (κ2) is 12.7. The highest BCUT2D eigenvalue weighted by Gasteiger charge is 1.93. The maximum absolute atomic E-state index is 2.32. The molecule has 0 N–H and O–H groups in total. The molecule has 0 bridgehead atoms. The van der Waals surface area contributed by atoms with Gasteiger partial charge in [0, 0.05) is 0 Å². The summed E-state index contributed by atoms with van der Waals surface area (Å²) < 4.78 is 0. The molecule has 0 aliphatic heterocycles. The molecular weight excluding hydrogens is 199 g/mol. The van der Waals surface area contributed by atoms with Crippen molar-refractivity contribution in [2.45, 2.75) is 52.9 Å². The van der Waals surface area contributed by atoms with Gasteiger partial charge in [-0.15, -0.1) is 21.0 Å². The molecule has 0 fully saturated rings. The van der Waals surface area contributed by atoms with Gasteiger partial charge in [0.1, 0.15) is 0 Å². The van der Waals surface area contributed by atoms with Crippen LogP contribution >= 0.6 is 21.0 Å². The molecule has 0 amide bonds. The highest BCUT2D eigenvalue weighted by molar-refractivity contribution is 7.37. The van der Waals surface area contributed by atoms with Gasteiger partial charge in [-0.05, 0) is 31.1 Å². The van der Waals surface area contributed by atoms with Crippen LogP contribution in [0.25, 0.3) is 0 Å². The average molecular weight is 225 g/mol. The molecule has 0 spiro atoms. The van der Waals surface area contributed by atoms with Gasteiger partial charge in [0.15, 0.2) is 0 Å². The van der Waals surface area contributed by atoms with Gasteiger partial charge in [-0.25, -0.2) is 0 Å². The summed E-state index contributed by atoms with van der Waals surface area (Å²) in [6.45, 7) is 6.92. The summed E-state index contributed by atoms with van der Waals surface area (Å²) in [6, 6.07) is 0. The average Bonchev–Trinajstić information content (AvgIpc) is 2.02. The Hall–Kier alpha value is 0.720. The third-order valence-electron chi connectivity index (χ3n) is 2.11. The third kappa shape index (κ3) is 15.5. The summed E-state index contributed by atoms with van der Waals surface area (Å²) >= 11 is 0. The Morgan fingerprint density at radius 1 is 1.00 bits per heavy atom. The molecule has 82 valence electrons. The topological polar surface area (TPSA) is 0 Å². The van der Waals surface area contributed by atoms with Gasteiger partial charge >= 0.3 is 0 Å². The first-order chi connectivity index (χ1) is 5.77. The lowest BCUT2D eigenvalue weighted by Crippen LogP contribution is -1.89. The summed E-state index contributed by atoms with van der Waals surface area (Å²) in [5.74, 6) is 0.910. The fourth-order valence-corrected chi connectivity index (χ4v) is 2.72. The number of hydrogen-bond donors (Lipinski definition) is 0. The molecule has 0 aromatic heterocycles. The number of halogens is 1. The monoisotopic (exact) mass is 224 g/mol. The van der Waals surface area contributed by atoms with Crippen molar-refractivity contribution in [3.05, 3.63) is 0 Å². The first kappa shape index (κ1) is 16.2. The molecule has 0 radical (unpaired) electrons. The van der Waals surface area contributed by atoms with E-state index >= 15 is 0 Å². The van der Waals surface area contributed by atoms with Gasteiger partial charge in [0.25, 0.3) is 0 Å². The van der Waals surface area contributed by atoms with Crippen molar-refractivity contribution >= 4 is 21.0 Å². The lowest BCUT2D eigenvalue weighted by atomic mass is 10.2. The zero-order valence-electron chi connectivity index (χ0n) is 9.44. The van der Waals surface area contributed by atoms with Gasteiger partial charge in [0.05, 0.1) is 0 Å². The van der Waals surface area contributed by atoms with Crippen molar-refractivity contribution in [2.24, 2.45) is 5.92 Å². The predicted octanol–water partition coefficient (Wildman–Crippen LogP) is 4.71. The molecule has 0 aromatic rings. The second-order valence-electron chi connectivity index (χ2n) is 3.99. The van der Waals surface area contributed by atoms with Crippen molar-refractivity contribution < 1.29 is 0 Å². The van der Waals surface area contributed by atoms with Gasteiger partial charge in [-0.3, -0.25) is 0 Å². The van der Waals surface area contributed by atoms with E-state index in [0.717, 1.165) is 5.92 Å². The molecule has 0 aromatic carbocycles. The summed E-state index contributed by atoms with van der Waals surface area (Å²) in [7, 11) is 1.24. The Morgan fingerprint density at radius 2 is 1.69 bits per heavy atom. The van der Waals surface area contributed by atoms with Crippen molar-refractivity contribution in [1.82, 2.24) is 0 Å². The van der Waals surface area contributed by atoms with Gasteiger partial charge < -0.3 is 0 Å². The quantitative estimate of drug-likeness (QED) is 0.414. The number of unbranched alkanes of at least 4 members (excludes halogenated alkanes) is 3. The van der Waals surface area contributed by atoms with E-state index in [-0.39, 0.29) is 12.4 Å². The van der Waals surface area contributed by atoms with E-state index in [0.29, 0.717) is 0 Å². The Morgan fingerprint density at radius 3 is 2.23 bits per heavy atom. The molecule has 0 saturated carbocycles. The van der Waals surface area contributed by atoms with Crippen LogP contribution in [0.4, 0.5) is 0 Å². The van der Waals surface area contributed by atoms with Crippen molar-refractivity contribution in [2.75, 3.05) is 12.3 Å². The van der Waals surface area contributed by atoms with Crippen LogP contribution in [0.5, 0.6) is 0 Å². The van der Waals surface area contributed by atoms with Crippen LogP contribution in [0.2, 0.25) is 0 Å². The van der Waals surface area contributed by atoms with Crippen LogP contribution in [-0.2, 0) is 0 Å². The smallest absolute Gasteiger partial charge is 0.0351 e. The minimum atomic E-state index is 0. The Balaban J connectivity index is 0. The molecule has 0 nitrogen and oxygen atoms in total. The Kier molecular flexibility index (Phi) is 15.8. The molecule has 1 atom stereocenters. The first-order valence-electron chi connectivity index (χ1n) is 5.48. The SMILES string of the molecule is CCCCCCPCCC(C)C.Cl. The van der Waals surface area contributed by atoms with E-state index in [1.165, 1.54) is 53.0 Å². The largest absolute Gasteiger partial charge is 0.147 e. The van der Waals surface area contributed by atoms with Gasteiger partial charge in [-0.2, -0.15) is 0 Å². The van der Waals surface area contributed by atoms with Crippen LogP contribution in [0.3, 0.4) is 0 Å². The van der Waals surface area contributed by atoms with E-state index in [1.54, 1.807) is 0 Å². The number of hydrogen-bond acceptors (Lipinski definition) is 0. The van der Waals surface area contributed by atoms with Crippen LogP contribution in [0.15, 0.2) is 0 Å². The van der Waals surface area contributed by atoms with Gasteiger partial charge in [0.2, 0.25) is 0 Å². The zero-order valence-corrected chi connectivity index (χ0v) is 11.3. The maximum atomic E-state index is 2.32. The maximum Gasteiger partial charge on any atom is -0.0351 e. The summed E-state index contributed by atoms with van der Waals surface area (Å²) in [4.78, 5) is 0. The summed E-state index contributed by atoms with van der Waals surface area (Å²) in [5.41, 5.74) is 0. The zero-order chi connectivity index (χ0) is 9.23. The minimum Gasteiger partial charge on any atom is -0.147 e. The van der Waals surface area contributed by atoms with Crippen molar-refractivity contribution in [3.8, 4) is 0 Å². The van der Waals surface area contributed by atoms with Crippen LogP contribution in [-0.4, -0.2) is 12.3 Å². The standard InChI is InChI=1S/C11H25P.ClH/c1-4-5-6-7-9-12-10-8-11(2)3;/h11-12H,4-10H2,1-3H3;1H. The molecule has 0 aliphatic carbocycles. The van der Waals surface area contributed by atoms with Crippen molar-refractivity contribution in [3.63, 3.8) is 0 Å². The lowest BCUT2D eigenvalue weighted by Gasteiger charge is -2.04. The molecule has 2 heteroatoms. The van der Waals surface area contributed by atoms with Crippen LogP contribution < -0.4 is 0 Å². The van der Waals surface area contributed by atoms with E-state index in [9.17, 15) is 0 Å². The first-order valence-corrected chi connectivity index (χ1v) is 6.89. The van der Waals surface area contributed by atoms with E-state index in [4.69, 9.17) is 0 Å². The molecular formula is C11H26ClP. The molecule has 13 heavy (non-hydrogen) atoms. The highest BCUT2D eigenvalue weighted by Crippen LogP contribution is 2.17. The summed E-state index contributed by atoms with van der Waals surface area (Å²) in [6.07, 6.45) is 10.2. The molecule has 0 heterocycles. The molecule has 0 rings (SSSR count). The normalized spacial score (nSPS) is 11.1. The molecule has 1 unspecified atom stereocenters. The molecule has 0 aliphatic rings. The predicted molar refractivity (Wildman–Crippen MR) is 68.9 cm³/mol.